The molecule has 1 atom stereocenters. The molecule has 1 unspecified atom stereocenters. The van der Waals surface area contributed by atoms with E-state index in [2.05, 4.69) is 5.14 Å². The van der Waals surface area contributed by atoms with E-state index in [0.717, 1.165) is 0 Å². The maximum atomic E-state index is 10.2. The van der Waals surface area contributed by atoms with Crippen molar-refractivity contribution in [1.82, 2.24) is 4.72 Å². The first-order valence-corrected chi connectivity index (χ1v) is 4.42. The topological polar surface area (TPSA) is 92.4 Å². The number of nitrogens with two attached hydrogens (primary N) is 1. The van der Waals surface area contributed by atoms with E-state index in [1.54, 1.807) is 6.92 Å². The van der Waals surface area contributed by atoms with Gasteiger partial charge in [0, 0.05) is 6.54 Å². The monoisotopic (exact) mass is 168 g/mol. The second-order valence-corrected chi connectivity index (χ2v) is 3.46. The number of aliphatic hydroxyl groups excluding tert-OH is 1. The number of hydrogen-bond donors (Lipinski definition) is 3. The maximum absolute atomic E-state index is 10.2. The lowest BCUT2D eigenvalue weighted by atomic mass is 10.3. The molecule has 0 aliphatic rings. The van der Waals surface area contributed by atoms with Gasteiger partial charge in [0.1, 0.15) is 0 Å². The standard InChI is InChI=1S/C4H12N2O3S/c1-4(7)2-3-6-10(5,8)9/h4,6-7H,2-3H2,1H3,(H2,5,8,9). The molecule has 0 aromatic heterocycles. The summed E-state index contributed by atoms with van der Waals surface area (Å²) in [6, 6.07) is 0. The summed E-state index contributed by atoms with van der Waals surface area (Å²) in [4.78, 5) is 0. The van der Waals surface area contributed by atoms with Crippen LogP contribution in [0.4, 0.5) is 0 Å². The lowest BCUT2D eigenvalue weighted by Gasteiger charge is -2.02. The van der Waals surface area contributed by atoms with Gasteiger partial charge in [-0.3, -0.25) is 0 Å². The highest BCUT2D eigenvalue weighted by atomic mass is 32.2. The van der Waals surface area contributed by atoms with Gasteiger partial charge in [0.05, 0.1) is 6.10 Å². The van der Waals surface area contributed by atoms with Crippen LogP contribution in [0.2, 0.25) is 0 Å². The average molecular weight is 168 g/mol. The van der Waals surface area contributed by atoms with E-state index in [1.807, 2.05) is 4.72 Å². The van der Waals surface area contributed by atoms with Gasteiger partial charge in [-0.15, -0.1) is 0 Å². The molecule has 0 rings (SSSR count). The van der Waals surface area contributed by atoms with E-state index in [-0.39, 0.29) is 6.54 Å². The van der Waals surface area contributed by atoms with Gasteiger partial charge in [0.15, 0.2) is 0 Å². The highest BCUT2D eigenvalue weighted by molar-refractivity contribution is 7.87. The van der Waals surface area contributed by atoms with Crippen molar-refractivity contribution < 1.29 is 13.5 Å². The fourth-order valence-electron chi connectivity index (χ4n) is 0.410. The van der Waals surface area contributed by atoms with Crippen LogP contribution >= 0.6 is 0 Å². The molecule has 0 saturated carbocycles. The number of rotatable bonds is 4. The normalized spacial score (nSPS) is 15.1. The minimum Gasteiger partial charge on any atom is -0.393 e. The molecule has 0 amide bonds. The van der Waals surface area contributed by atoms with E-state index >= 15 is 0 Å². The third-order valence-electron chi connectivity index (χ3n) is 0.865. The Balaban J connectivity index is 3.39. The fourth-order valence-corrected chi connectivity index (χ4v) is 0.812. The molecular formula is C4H12N2O3S. The van der Waals surface area contributed by atoms with Gasteiger partial charge in [-0.25, -0.2) is 9.86 Å². The van der Waals surface area contributed by atoms with Gasteiger partial charge in [-0.05, 0) is 13.3 Å². The molecular weight excluding hydrogens is 156 g/mol. The molecule has 62 valence electrons. The van der Waals surface area contributed by atoms with Crippen molar-refractivity contribution >= 4 is 10.2 Å². The molecule has 0 saturated heterocycles. The summed E-state index contributed by atoms with van der Waals surface area (Å²) in [5.74, 6) is 0. The van der Waals surface area contributed by atoms with Crippen LogP contribution in [0, 0.1) is 0 Å². The highest BCUT2D eigenvalue weighted by Gasteiger charge is 2.00. The minimum absolute atomic E-state index is 0.177. The Morgan fingerprint density at radius 3 is 2.50 bits per heavy atom. The summed E-state index contributed by atoms with van der Waals surface area (Å²) in [7, 11) is -3.58. The molecule has 0 spiro atoms. The smallest absolute Gasteiger partial charge is 0.274 e. The lowest BCUT2D eigenvalue weighted by Crippen LogP contribution is -2.32. The van der Waals surface area contributed by atoms with Crippen LogP contribution in [0.15, 0.2) is 0 Å². The van der Waals surface area contributed by atoms with Crippen LogP contribution in [0.1, 0.15) is 13.3 Å². The van der Waals surface area contributed by atoms with Crippen molar-refractivity contribution in [3.63, 3.8) is 0 Å². The molecule has 5 nitrogen and oxygen atoms in total. The SMILES string of the molecule is CC(O)CCNS(N)(=O)=O. The van der Waals surface area contributed by atoms with Crippen LogP contribution in [0.25, 0.3) is 0 Å². The van der Waals surface area contributed by atoms with Crippen molar-refractivity contribution in [1.29, 1.82) is 0 Å². The zero-order valence-corrected chi connectivity index (χ0v) is 6.56. The Kier molecular flexibility index (Phi) is 3.80. The Labute approximate surface area is 60.4 Å². The Bertz CT molecular complexity index is 175. The molecule has 0 heterocycles. The van der Waals surface area contributed by atoms with Crippen molar-refractivity contribution in [3.8, 4) is 0 Å². The van der Waals surface area contributed by atoms with E-state index in [4.69, 9.17) is 5.11 Å². The van der Waals surface area contributed by atoms with Gasteiger partial charge in [-0.2, -0.15) is 8.42 Å². The molecule has 0 bridgehead atoms. The average Bonchev–Trinajstić information content (AvgIpc) is 1.59. The van der Waals surface area contributed by atoms with Gasteiger partial charge < -0.3 is 5.11 Å². The fraction of sp³-hybridized carbons (Fsp3) is 1.00. The first kappa shape index (κ1) is 9.83. The highest BCUT2D eigenvalue weighted by Crippen LogP contribution is 1.85. The number of nitrogens with one attached hydrogen (secondary N) is 1. The minimum atomic E-state index is -3.58. The Morgan fingerprint density at radius 2 is 2.20 bits per heavy atom. The van der Waals surface area contributed by atoms with E-state index in [1.165, 1.54) is 0 Å². The van der Waals surface area contributed by atoms with Crippen molar-refractivity contribution in [3.05, 3.63) is 0 Å². The summed E-state index contributed by atoms with van der Waals surface area (Å²) in [5.41, 5.74) is 0. The summed E-state index contributed by atoms with van der Waals surface area (Å²) >= 11 is 0. The van der Waals surface area contributed by atoms with E-state index < -0.39 is 16.3 Å². The maximum Gasteiger partial charge on any atom is 0.274 e. The van der Waals surface area contributed by atoms with Gasteiger partial charge in [-0.1, -0.05) is 0 Å². The zero-order valence-electron chi connectivity index (χ0n) is 5.74. The molecule has 0 fully saturated rings. The molecule has 0 aromatic carbocycles. The predicted octanol–water partition coefficient (Wildman–Crippen LogP) is -1.45. The zero-order chi connectivity index (χ0) is 8.20. The predicted molar refractivity (Wildman–Crippen MR) is 37.4 cm³/mol. The Hall–Kier alpha value is -0.170. The van der Waals surface area contributed by atoms with Crippen LogP contribution < -0.4 is 9.86 Å². The van der Waals surface area contributed by atoms with Crippen molar-refractivity contribution in [2.24, 2.45) is 5.14 Å². The molecule has 0 aromatic rings. The summed E-state index contributed by atoms with van der Waals surface area (Å²) in [6.07, 6.45) is -0.134. The van der Waals surface area contributed by atoms with E-state index in [0.29, 0.717) is 6.42 Å². The van der Waals surface area contributed by atoms with Crippen molar-refractivity contribution in [2.45, 2.75) is 19.4 Å². The van der Waals surface area contributed by atoms with Gasteiger partial charge >= 0.3 is 0 Å². The third kappa shape index (κ3) is 7.83. The molecule has 0 aliphatic heterocycles. The van der Waals surface area contributed by atoms with Crippen LogP contribution in [0.5, 0.6) is 0 Å². The second kappa shape index (κ2) is 3.87. The first-order chi connectivity index (χ1) is 4.42. The number of hydrogen-bond acceptors (Lipinski definition) is 3. The quantitative estimate of drug-likeness (QED) is 0.479. The van der Waals surface area contributed by atoms with Gasteiger partial charge in [0.25, 0.3) is 10.2 Å². The second-order valence-electron chi connectivity index (χ2n) is 2.08. The lowest BCUT2D eigenvalue weighted by molar-refractivity contribution is 0.186. The first-order valence-electron chi connectivity index (χ1n) is 2.87. The molecule has 6 heteroatoms. The summed E-state index contributed by atoms with van der Waals surface area (Å²) < 4.78 is 22.4. The summed E-state index contributed by atoms with van der Waals surface area (Å²) in [5, 5.41) is 13.3. The van der Waals surface area contributed by atoms with Crippen LogP contribution in [-0.4, -0.2) is 26.2 Å². The van der Waals surface area contributed by atoms with Crippen LogP contribution in [0.3, 0.4) is 0 Å². The molecule has 0 aliphatic carbocycles. The van der Waals surface area contributed by atoms with E-state index in [9.17, 15) is 8.42 Å². The third-order valence-corrected chi connectivity index (χ3v) is 1.47. The van der Waals surface area contributed by atoms with Crippen molar-refractivity contribution in [2.75, 3.05) is 6.54 Å². The largest absolute Gasteiger partial charge is 0.393 e. The Morgan fingerprint density at radius 1 is 1.70 bits per heavy atom. The molecule has 4 N–H and O–H groups in total. The number of aliphatic hydroxyl groups is 1. The summed E-state index contributed by atoms with van der Waals surface area (Å²) in [6.45, 7) is 1.75. The van der Waals surface area contributed by atoms with Crippen LogP contribution in [-0.2, 0) is 10.2 Å². The molecule has 10 heavy (non-hydrogen) atoms. The molecule has 0 radical (unpaired) electrons. The van der Waals surface area contributed by atoms with Gasteiger partial charge in [0.2, 0.25) is 0 Å².